The van der Waals surface area contributed by atoms with E-state index in [2.05, 4.69) is 43.6 Å². The van der Waals surface area contributed by atoms with Crippen LogP contribution in [-0.2, 0) is 31.2 Å². The van der Waals surface area contributed by atoms with Crippen molar-refractivity contribution in [3.05, 3.63) is 70.3 Å². The van der Waals surface area contributed by atoms with Crippen molar-refractivity contribution < 1.29 is 28.0 Å². The van der Waals surface area contributed by atoms with Crippen LogP contribution < -0.4 is 19.7 Å². The second-order valence-corrected chi connectivity index (χ2v) is 17.1. The Morgan fingerprint density at radius 2 is 2.02 bits per heavy atom. The van der Waals surface area contributed by atoms with Gasteiger partial charge in [-0.2, -0.15) is 0 Å². The molecule has 2 N–H and O–H groups in total. The van der Waals surface area contributed by atoms with Crippen LogP contribution in [-0.4, -0.2) is 74.1 Å². The van der Waals surface area contributed by atoms with Gasteiger partial charge in [-0.3, -0.25) is 9.52 Å². The average molecular weight is 711 g/mol. The first kappa shape index (κ1) is 34.3. The van der Waals surface area contributed by atoms with Gasteiger partial charge in [-0.25, -0.2) is 9.00 Å². The Hall–Kier alpha value is -3.12. The largest absolute Gasteiger partial charge is 0.490 e. The zero-order valence-corrected chi connectivity index (χ0v) is 30.1. The maximum absolute atomic E-state index is 14.3. The standard InChI is InChI=1S/C37H47ClN4O6S/c1-23-6-4-8-32(46-2)28-12-9-26(28)19-42-21-37(15-5-7-24-16-27(38)11-13-29(24)37)22-48-33-14-10-25(17-31(33)42)35(43)40-49(45,20-23)41-36(44)39-30-18-34(30)47-3/h4,8,10-11,13-14,16-17,23,26,28,30,32,34H,5-7,9,12,15,18-22H2,1-3H3,(H2,39,40,41,43,44,45)/b8-4-/t23-,26-,28+,30+,32-,34+,37-,49?/m0/s1. The van der Waals surface area contributed by atoms with E-state index in [1.807, 2.05) is 25.1 Å². The smallest absolute Gasteiger partial charge is 0.327 e. The van der Waals surface area contributed by atoms with Crippen molar-refractivity contribution in [2.45, 2.75) is 75.5 Å². The van der Waals surface area contributed by atoms with Crippen LogP contribution in [0.2, 0.25) is 5.02 Å². The molecule has 2 heterocycles. The number of carbonyl (C=O) groups is 2. The van der Waals surface area contributed by atoms with Crippen LogP contribution in [0.4, 0.5) is 10.5 Å². The maximum Gasteiger partial charge on any atom is 0.327 e. The lowest BCUT2D eigenvalue weighted by Gasteiger charge is -2.46. The van der Waals surface area contributed by atoms with Gasteiger partial charge < -0.3 is 24.4 Å². The molecular weight excluding hydrogens is 664 g/mol. The van der Waals surface area contributed by atoms with Gasteiger partial charge >= 0.3 is 6.03 Å². The molecule has 2 fully saturated rings. The summed E-state index contributed by atoms with van der Waals surface area (Å²) in [6.07, 6.45) is 10.5. The fourth-order valence-corrected chi connectivity index (χ4v) is 10.3. The van der Waals surface area contributed by atoms with Crippen LogP contribution in [0.1, 0.15) is 66.9 Å². The van der Waals surface area contributed by atoms with Crippen LogP contribution >= 0.6 is 11.6 Å². The summed E-state index contributed by atoms with van der Waals surface area (Å²) >= 11 is 6.45. The molecule has 264 valence electrons. The minimum absolute atomic E-state index is 0.0185. The number of halogens is 1. The first-order valence-corrected chi connectivity index (χ1v) is 19.6. The number of nitrogens with zero attached hydrogens (tertiary/aromatic N) is 2. The molecule has 0 aromatic heterocycles. The summed E-state index contributed by atoms with van der Waals surface area (Å²) in [6, 6.07) is 10.8. The highest BCUT2D eigenvalue weighted by molar-refractivity contribution is 7.92. The van der Waals surface area contributed by atoms with Gasteiger partial charge in [0.15, 0.2) is 0 Å². The Kier molecular flexibility index (Phi) is 9.73. The number of hydrogen-bond acceptors (Lipinski definition) is 7. The zero-order valence-electron chi connectivity index (χ0n) is 28.5. The zero-order chi connectivity index (χ0) is 34.3. The molecule has 10 nitrogen and oxygen atoms in total. The summed E-state index contributed by atoms with van der Waals surface area (Å²) in [5.74, 6) is 0.700. The van der Waals surface area contributed by atoms with Crippen molar-refractivity contribution in [3.8, 4) is 5.75 Å². The maximum atomic E-state index is 14.3. The number of urea groups is 1. The highest BCUT2D eigenvalue weighted by Crippen LogP contribution is 2.47. The van der Waals surface area contributed by atoms with Gasteiger partial charge in [-0.05, 0) is 104 Å². The lowest BCUT2D eigenvalue weighted by atomic mass is 9.68. The number of methoxy groups -OCH3 is 2. The first-order chi connectivity index (χ1) is 23.6. The predicted octanol–water partition coefficient (Wildman–Crippen LogP) is 6.06. The lowest BCUT2D eigenvalue weighted by molar-refractivity contribution is 0.0131. The molecular formula is C37H47ClN4O6S. The molecule has 3 aliphatic carbocycles. The third-order valence-electron chi connectivity index (χ3n) is 11.1. The van der Waals surface area contributed by atoms with Gasteiger partial charge in [0, 0.05) is 43.3 Å². The molecule has 3 amide bonds. The molecule has 0 radical (unpaired) electrons. The van der Waals surface area contributed by atoms with Crippen molar-refractivity contribution in [3.63, 3.8) is 0 Å². The number of aryl methyl sites for hydroxylation is 1. The molecule has 8 atom stereocenters. The van der Waals surface area contributed by atoms with Crippen LogP contribution in [0.5, 0.6) is 5.75 Å². The fourth-order valence-electron chi connectivity index (χ4n) is 8.29. The van der Waals surface area contributed by atoms with E-state index in [0.29, 0.717) is 42.6 Å². The van der Waals surface area contributed by atoms with Gasteiger partial charge in [0.2, 0.25) is 0 Å². The number of anilines is 1. The molecule has 49 heavy (non-hydrogen) atoms. The van der Waals surface area contributed by atoms with Gasteiger partial charge in [-0.15, -0.1) is 4.36 Å². The van der Waals surface area contributed by atoms with Crippen LogP contribution in [0.25, 0.3) is 0 Å². The number of fused-ring (bicyclic) bond motifs is 4. The number of ether oxygens (including phenoxy) is 3. The van der Waals surface area contributed by atoms with E-state index in [-0.39, 0.29) is 35.3 Å². The minimum Gasteiger partial charge on any atom is -0.490 e. The normalized spacial score (nSPS) is 34.6. The Bertz CT molecular complexity index is 1760. The van der Waals surface area contributed by atoms with E-state index in [4.69, 9.17) is 25.8 Å². The number of benzene rings is 2. The Morgan fingerprint density at radius 1 is 1.16 bits per heavy atom. The molecule has 2 saturated carbocycles. The summed E-state index contributed by atoms with van der Waals surface area (Å²) in [5, 5.41) is 3.54. The van der Waals surface area contributed by atoms with Crippen molar-refractivity contribution in [2.24, 2.45) is 22.1 Å². The number of allylic oxidation sites excluding steroid dienone is 1. The topological polar surface area (TPSA) is 119 Å². The molecule has 2 aromatic rings. The number of rotatable bonds is 4. The number of nitrogens with one attached hydrogen (secondary N) is 2. The Morgan fingerprint density at radius 3 is 2.78 bits per heavy atom. The molecule has 1 spiro atoms. The molecule has 1 unspecified atom stereocenters. The van der Waals surface area contributed by atoms with Crippen LogP contribution in [0, 0.1) is 17.8 Å². The predicted molar refractivity (Wildman–Crippen MR) is 191 cm³/mol. The monoisotopic (exact) mass is 710 g/mol. The van der Waals surface area contributed by atoms with E-state index in [1.54, 1.807) is 20.3 Å². The number of hydrogen-bond donors (Lipinski definition) is 2. The SMILES string of the molecule is CO[C@H]1/C=C\C[C@H](C)CS(=O)(NC(=O)N[C@@H]2C[C@H]2OC)=NC(=O)c2ccc3c(c2)N(C[C@@H]2CC[C@H]21)C[C@@]1(CCCc2cc(Cl)ccc21)CO3. The average Bonchev–Trinajstić information content (AvgIpc) is 3.83. The first-order valence-electron chi connectivity index (χ1n) is 17.5. The highest BCUT2D eigenvalue weighted by Gasteiger charge is 2.44. The van der Waals surface area contributed by atoms with Crippen molar-refractivity contribution >= 4 is 39.1 Å². The van der Waals surface area contributed by atoms with Gasteiger partial charge in [0.05, 0.1) is 36.3 Å². The van der Waals surface area contributed by atoms with E-state index >= 15 is 0 Å². The highest BCUT2D eigenvalue weighted by atomic mass is 35.5. The minimum atomic E-state index is -3.48. The Balaban J connectivity index is 1.27. The molecule has 7 rings (SSSR count). The molecule has 12 heteroatoms. The van der Waals surface area contributed by atoms with Crippen molar-refractivity contribution in [2.75, 3.05) is 44.6 Å². The van der Waals surface area contributed by atoms with Gasteiger partial charge in [0.1, 0.15) is 15.7 Å². The quantitative estimate of drug-likeness (QED) is 0.371. The van der Waals surface area contributed by atoms with E-state index in [9.17, 15) is 13.8 Å². The van der Waals surface area contributed by atoms with Crippen LogP contribution in [0.15, 0.2) is 52.9 Å². The summed E-state index contributed by atoms with van der Waals surface area (Å²) in [6.45, 7) is 3.97. The molecule has 2 aliphatic heterocycles. The molecule has 2 bridgehead atoms. The second-order valence-electron chi connectivity index (χ2n) is 14.7. The molecule has 0 saturated heterocycles. The summed E-state index contributed by atoms with van der Waals surface area (Å²) in [4.78, 5) is 29.2. The Labute approximate surface area is 294 Å². The summed E-state index contributed by atoms with van der Waals surface area (Å²) in [7, 11) is -0.129. The second kappa shape index (κ2) is 13.9. The summed E-state index contributed by atoms with van der Waals surface area (Å²) < 4.78 is 39.1. The van der Waals surface area contributed by atoms with Crippen molar-refractivity contribution in [1.82, 2.24) is 10.0 Å². The third kappa shape index (κ3) is 7.22. The van der Waals surface area contributed by atoms with Gasteiger partial charge in [-0.1, -0.05) is 36.7 Å². The van der Waals surface area contributed by atoms with E-state index in [0.717, 1.165) is 55.9 Å². The van der Waals surface area contributed by atoms with Crippen molar-refractivity contribution in [1.29, 1.82) is 0 Å². The molecule has 5 aliphatic rings. The lowest BCUT2D eigenvalue weighted by Crippen LogP contribution is -2.49. The van der Waals surface area contributed by atoms with Gasteiger partial charge in [0.25, 0.3) is 5.91 Å². The number of carbonyl (C=O) groups excluding carboxylic acids is 2. The van der Waals surface area contributed by atoms with Crippen LogP contribution in [0.3, 0.4) is 0 Å². The molecule has 2 aromatic carbocycles. The third-order valence-corrected chi connectivity index (χ3v) is 13.3. The fraction of sp³-hybridized carbons (Fsp3) is 0.568. The summed E-state index contributed by atoms with van der Waals surface area (Å²) in [5.41, 5.74) is 3.42. The number of amides is 3. The van der Waals surface area contributed by atoms with E-state index in [1.165, 1.54) is 11.1 Å². The van der Waals surface area contributed by atoms with E-state index < -0.39 is 21.9 Å².